The highest BCUT2D eigenvalue weighted by molar-refractivity contribution is 5.74. The van der Waals surface area contributed by atoms with Crippen molar-refractivity contribution in [1.29, 1.82) is 0 Å². The summed E-state index contributed by atoms with van der Waals surface area (Å²) in [5.41, 5.74) is 3.52. The third-order valence-corrected chi connectivity index (χ3v) is 7.88. The van der Waals surface area contributed by atoms with Crippen molar-refractivity contribution >= 4 is 22.1 Å². The van der Waals surface area contributed by atoms with Gasteiger partial charge in [0.1, 0.15) is 56.4 Å². The zero-order chi connectivity index (χ0) is 33.7. The van der Waals surface area contributed by atoms with Crippen LogP contribution in [0.25, 0.3) is 33.4 Å². The van der Waals surface area contributed by atoms with Crippen LogP contribution in [-0.2, 0) is 0 Å². The van der Waals surface area contributed by atoms with E-state index in [4.69, 9.17) is 14.2 Å². The first kappa shape index (κ1) is 31.3. The number of phenolic OH excluding ortho intramolecular Hbond substituents is 2. The summed E-state index contributed by atoms with van der Waals surface area (Å²) in [7, 11) is 0. The minimum atomic E-state index is -0.120. The van der Waals surface area contributed by atoms with Crippen LogP contribution in [0.15, 0.2) is 84.9 Å². The van der Waals surface area contributed by atoms with Gasteiger partial charge in [-0.3, -0.25) is 0 Å². The maximum absolute atomic E-state index is 10.8. The second kappa shape index (κ2) is 13.8. The number of phenols is 2. The van der Waals surface area contributed by atoms with Crippen LogP contribution in [0.2, 0.25) is 0 Å². The van der Waals surface area contributed by atoms with Crippen molar-refractivity contribution in [3.05, 3.63) is 84.9 Å². The van der Waals surface area contributed by atoms with Crippen LogP contribution in [0.5, 0.6) is 41.0 Å². The van der Waals surface area contributed by atoms with Gasteiger partial charge in [0, 0.05) is 12.1 Å². The molecule has 0 aliphatic heterocycles. The van der Waals surface area contributed by atoms with Crippen LogP contribution in [0, 0.1) is 5.92 Å². The Morgan fingerprint density at radius 2 is 1.06 bits per heavy atom. The first-order chi connectivity index (χ1) is 23.9. The van der Waals surface area contributed by atoms with Gasteiger partial charge in [0.05, 0.1) is 6.61 Å². The molecule has 0 bridgehead atoms. The molecule has 3 aromatic heterocycles. The van der Waals surface area contributed by atoms with Gasteiger partial charge >= 0.3 is 18.0 Å². The smallest absolute Gasteiger partial charge is 0.331 e. The normalized spacial score (nSPS) is 12.0. The molecule has 248 valence electrons. The van der Waals surface area contributed by atoms with Crippen molar-refractivity contribution in [3.8, 4) is 52.4 Å². The van der Waals surface area contributed by atoms with Crippen LogP contribution < -0.4 is 14.2 Å². The van der Waals surface area contributed by atoms with Gasteiger partial charge < -0.3 is 24.4 Å². The Kier molecular flexibility index (Phi) is 8.82. The molecule has 0 radical (unpaired) electrons. The summed E-state index contributed by atoms with van der Waals surface area (Å²) in [6.07, 6.45) is 4.14. The topological polar surface area (TPSA) is 168 Å². The molecule has 0 aliphatic rings. The highest BCUT2D eigenvalue weighted by atomic mass is 16.5. The third kappa shape index (κ3) is 7.02. The lowest BCUT2D eigenvalue weighted by Gasteiger charge is -2.15. The number of benzene rings is 4. The first-order valence-corrected chi connectivity index (χ1v) is 16.0. The molecule has 7 aromatic rings. The highest BCUT2D eigenvalue weighted by Gasteiger charge is 2.17. The standard InChI is InChI=1S/C35H33N9O5/c1-3-5-10-22(4-2)21-47-33-36-34(48-23-15-17-29(31(45)19-23)43-39-25-11-6-7-12-26(25)40-43)38-35(37-33)49-24-16-18-30(32(46)20-24)44-41-27-13-8-9-14-28(27)42-44/h6-9,11-20,22,45-46H,3-5,10,21H2,1-2H3. The van der Waals surface area contributed by atoms with Crippen molar-refractivity contribution in [3.63, 3.8) is 0 Å². The summed E-state index contributed by atoms with van der Waals surface area (Å²) in [4.78, 5) is 15.8. The van der Waals surface area contributed by atoms with Gasteiger partial charge in [-0.1, -0.05) is 57.4 Å². The van der Waals surface area contributed by atoms with Crippen LogP contribution in [0.1, 0.15) is 39.5 Å². The Hall–Kier alpha value is -6.31. The molecular formula is C35H33N9O5. The molecule has 0 saturated carbocycles. The van der Waals surface area contributed by atoms with E-state index in [1.807, 2.05) is 48.5 Å². The quantitative estimate of drug-likeness (QED) is 0.131. The molecule has 14 nitrogen and oxygen atoms in total. The van der Waals surface area contributed by atoms with E-state index >= 15 is 0 Å². The summed E-state index contributed by atoms with van der Waals surface area (Å²) in [5.74, 6) is 0.584. The van der Waals surface area contributed by atoms with E-state index in [-0.39, 0.29) is 41.0 Å². The minimum absolute atomic E-state index is 0.0106. The average molecular weight is 660 g/mol. The van der Waals surface area contributed by atoms with E-state index in [1.54, 1.807) is 24.3 Å². The number of ether oxygens (including phenoxy) is 3. The predicted octanol–water partition coefficient (Wildman–Crippen LogP) is 6.93. The summed E-state index contributed by atoms with van der Waals surface area (Å²) >= 11 is 0. The lowest BCUT2D eigenvalue weighted by molar-refractivity contribution is 0.211. The molecule has 0 spiro atoms. The fourth-order valence-electron chi connectivity index (χ4n) is 5.18. The van der Waals surface area contributed by atoms with Crippen molar-refractivity contribution in [1.82, 2.24) is 44.9 Å². The van der Waals surface area contributed by atoms with Gasteiger partial charge in [-0.05, 0) is 60.9 Å². The number of unbranched alkanes of at least 4 members (excludes halogenated alkanes) is 1. The summed E-state index contributed by atoms with van der Waals surface area (Å²) in [5, 5.41) is 39.4. The molecular weight excluding hydrogens is 626 g/mol. The van der Waals surface area contributed by atoms with Gasteiger partial charge in [0.25, 0.3) is 0 Å². The fraction of sp³-hybridized carbons (Fsp3) is 0.229. The first-order valence-electron chi connectivity index (χ1n) is 16.0. The van der Waals surface area contributed by atoms with E-state index in [9.17, 15) is 10.2 Å². The van der Waals surface area contributed by atoms with E-state index in [2.05, 4.69) is 49.2 Å². The summed E-state index contributed by atoms with van der Waals surface area (Å²) in [6, 6.07) is 24.0. The molecule has 0 fully saturated rings. The molecule has 7 rings (SSSR count). The molecule has 4 aromatic carbocycles. The fourth-order valence-corrected chi connectivity index (χ4v) is 5.18. The van der Waals surface area contributed by atoms with Crippen LogP contribution in [0.3, 0.4) is 0 Å². The van der Waals surface area contributed by atoms with Crippen LogP contribution >= 0.6 is 0 Å². The summed E-state index contributed by atoms with van der Waals surface area (Å²) < 4.78 is 17.9. The third-order valence-electron chi connectivity index (χ3n) is 7.88. The second-order valence-corrected chi connectivity index (χ2v) is 11.4. The number of fused-ring (bicyclic) bond motifs is 2. The summed E-state index contributed by atoms with van der Waals surface area (Å²) in [6.45, 7) is 4.68. The van der Waals surface area contributed by atoms with Crippen molar-refractivity contribution < 1.29 is 24.4 Å². The lowest BCUT2D eigenvalue weighted by Crippen LogP contribution is -2.13. The minimum Gasteiger partial charge on any atom is -0.505 e. The molecule has 1 atom stereocenters. The van der Waals surface area contributed by atoms with E-state index in [0.717, 1.165) is 25.7 Å². The van der Waals surface area contributed by atoms with Gasteiger partial charge in [-0.15, -0.1) is 44.9 Å². The molecule has 0 saturated heterocycles. The molecule has 2 N–H and O–H groups in total. The molecule has 49 heavy (non-hydrogen) atoms. The van der Waals surface area contributed by atoms with E-state index in [0.29, 0.717) is 46.0 Å². The maximum Gasteiger partial charge on any atom is 0.331 e. The van der Waals surface area contributed by atoms with Crippen LogP contribution in [-0.4, -0.2) is 61.8 Å². The monoisotopic (exact) mass is 659 g/mol. The van der Waals surface area contributed by atoms with Crippen LogP contribution in [0.4, 0.5) is 0 Å². The molecule has 14 heteroatoms. The number of nitrogens with zero attached hydrogens (tertiary/aromatic N) is 9. The Balaban J connectivity index is 1.14. The number of aromatic nitrogens is 9. The largest absolute Gasteiger partial charge is 0.505 e. The van der Waals surface area contributed by atoms with E-state index < -0.39 is 0 Å². The number of rotatable bonds is 13. The zero-order valence-corrected chi connectivity index (χ0v) is 26.8. The molecule has 3 heterocycles. The lowest BCUT2D eigenvalue weighted by atomic mass is 10.0. The number of hydrogen-bond acceptors (Lipinski definition) is 12. The van der Waals surface area contributed by atoms with Crippen molar-refractivity contribution in [2.45, 2.75) is 39.5 Å². The maximum atomic E-state index is 10.8. The highest BCUT2D eigenvalue weighted by Crippen LogP contribution is 2.32. The zero-order valence-electron chi connectivity index (χ0n) is 26.8. The Morgan fingerprint density at radius 3 is 1.47 bits per heavy atom. The van der Waals surface area contributed by atoms with Gasteiger partial charge in [-0.2, -0.15) is 0 Å². The molecule has 0 amide bonds. The Labute approximate surface area is 280 Å². The molecule has 0 aliphatic carbocycles. The molecule has 1 unspecified atom stereocenters. The SMILES string of the molecule is CCCCC(CC)COc1nc(Oc2ccc(-n3nc4ccccc4n3)c(O)c2)nc(Oc2ccc(-n3nc4ccccc4n3)c(O)c2)n1. The average Bonchev–Trinajstić information content (AvgIpc) is 3.73. The van der Waals surface area contributed by atoms with Gasteiger partial charge in [0.2, 0.25) is 0 Å². The van der Waals surface area contributed by atoms with Crippen molar-refractivity contribution in [2.75, 3.05) is 6.61 Å². The van der Waals surface area contributed by atoms with E-state index in [1.165, 1.54) is 21.7 Å². The van der Waals surface area contributed by atoms with Gasteiger partial charge in [-0.25, -0.2) is 0 Å². The number of aromatic hydroxyl groups is 2. The van der Waals surface area contributed by atoms with Crippen molar-refractivity contribution in [2.24, 2.45) is 5.92 Å². The van der Waals surface area contributed by atoms with Gasteiger partial charge in [0.15, 0.2) is 0 Å². The number of hydrogen-bond donors (Lipinski definition) is 2. The Morgan fingerprint density at radius 1 is 0.612 bits per heavy atom. The Bertz CT molecular complexity index is 2030. The second-order valence-electron chi connectivity index (χ2n) is 11.4. The predicted molar refractivity (Wildman–Crippen MR) is 180 cm³/mol.